The first-order chi connectivity index (χ1) is 18.1. The Morgan fingerprint density at radius 2 is 1.86 bits per heavy atom. The van der Waals surface area contributed by atoms with Crippen molar-refractivity contribution in [3.63, 3.8) is 0 Å². The molecule has 1 aliphatic heterocycles. The molecule has 1 heterocycles. The molecule has 1 N–H and O–H groups in total. The number of likely N-dealkylation sites (tertiary alicyclic amines) is 1. The van der Waals surface area contributed by atoms with Crippen LogP contribution in [0.1, 0.15) is 44.1 Å². The van der Waals surface area contributed by atoms with E-state index in [1.807, 2.05) is 30.3 Å². The lowest BCUT2D eigenvalue weighted by molar-refractivity contribution is 0.0322. The molecule has 2 aromatic carbocycles. The minimum atomic E-state index is -0.677. The first-order valence-electron chi connectivity index (χ1n) is 13.3. The number of nitrogens with zero attached hydrogens (tertiary/aromatic N) is 3. The molecule has 1 amide bonds. The third-order valence-electron chi connectivity index (χ3n) is 8.02. The molecule has 0 spiro atoms. The number of hydrogen-bond acceptors (Lipinski definition) is 5. The van der Waals surface area contributed by atoms with Gasteiger partial charge in [-0.3, -0.25) is 0 Å². The molecule has 2 aromatic rings. The first kappa shape index (κ1) is 26.5. The van der Waals surface area contributed by atoms with Crippen LogP contribution in [0.3, 0.4) is 0 Å². The SMILES string of the molecule is [C-]#[N+]c1ccc(OCCCN2CCC(C(C#N)(c3ccccc3)[C@@H]3CCC[C@H]3OC(=O)NC)CC2)cc1. The summed E-state index contributed by atoms with van der Waals surface area (Å²) in [6.07, 6.45) is 4.76. The summed E-state index contributed by atoms with van der Waals surface area (Å²) in [5.41, 5.74) is 0.984. The van der Waals surface area contributed by atoms with Gasteiger partial charge in [-0.2, -0.15) is 5.26 Å². The molecule has 1 aliphatic carbocycles. The van der Waals surface area contributed by atoms with E-state index in [1.165, 1.54) is 0 Å². The average molecular weight is 501 g/mol. The summed E-state index contributed by atoms with van der Waals surface area (Å²) in [6, 6.07) is 20.2. The van der Waals surface area contributed by atoms with Gasteiger partial charge in [-0.15, -0.1) is 0 Å². The zero-order valence-corrected chi connectivity index (χ0v) is 21.6. The number of piperidine rings is 1. The summed E-state index contributed by atoms with van der Waals surface area (Å²) >= 11 is 0. The van der Waals surface area contributed by atoms with Gasteiger partial charge in [-0.1, -0.05) is 42.5 Å². The molecule has 2 fully saturated rings. The zero-order valence-electron chi connectivity index (χ0n) is 21.6. The van der Waals surface area contributed by atoms with Crippen LogP contribution in [0, 0.1) is 29.7 Å². The molecule has 194 valence electrons. The maximum Gasteiger partial charge on any atom is 0.407 e. The van der Waals surface area contributed by atoms with Crippen molar-refractivity contribution in [1.29, 1.82) is 5.26 Å². The third kappa shape index (κ3) is 6.06. The van der Waals surface area contributed by atoms with Gasteiger partial charge in [0.15, 0.2) is 5.69 Å². The highest BCUT2D eigenvalue weighted by molar-refractivity contribution is 5.67. The van der Waals surface area contributed by atoms with Crippen molar-refractivity contribution in [2.24, 2.45) is 11.8 Å². The molecule has 37 heavy (non-hydrogen) atoms. The fourth-order valence-electron chi connectivity index (χ4n) is 6.20. The van der Waals surface area contributed by atoms with E-state index in [0.717, 1.165) is 69.5 Å². The summed E-state index contributed by atoms with van der Waals surface area (Å²) in [5, 5.41) is 13.4. The maximum atomic E-state index is 12.1. The van der Waals surface area contributed by atoms with Crippen LogP contribution < -0.4 is 10.1 Å². The Bertz CT molecular complexity index is 1100. The van der Waals surface area contributed by atoms with Crippen molar-refractivity contribution in [3.8, 4) is 11.8 Å². The van der Waals surface area contributed by atoms with E-state index in [9.17, 15) is 10.1 Å². The second-order valence-electron chi connectivity index (χ2n) is 10.0. The lowest BCUT2D eigenvalue weighted by Crippen LogP contribution is -2.50. The van der Waals surface area contributed by atoms with Gasteiger partial charge in [-0.05, 0) is 75.2 Å². The van der Waals surface area contributed by atoms with Crippen LogP contribution in [-0.4, -0.2) is 50.4 Å². The van der Waals surface area contributed by atoms with Crippen molar-refractivity contribution in [2.75, 3.05) is 33.3 Å². The second-order valence-corrected chi connectivity index (χ2v) is 10.0. The van der Waals surface area contributed by atoms with Gasteiger partial charge in [0.2, 0.25) is 0 Å². The van der Waals surface area contributed by atoms with Crippen LogP contribution in [-0.2, 0) is 10.2 Å². The Hall–Kier alpha value is -3.55. The molecular weight excluding hydrogens is 464 g/mol. The molecule has 7 nitrogen and oxygen atoms in total. The van der Waals surface area contributed by atoms with E-state index in [-0.39, 0.29) is 17.9 Å². The van der Waals surface area contributed by atoms with E-state index < -0.39 is 11.5 Å². The number of hydrogen-bond donors (Lipinski definition) is 1. The van der Waals surface area contributed by atoms with Crippen molar-refractivity contribution < 1.29 is 14.3 Å². The topological polar surface area (TPSA) is 78.9 Å². The second kappa shape index (κ2) is 12.6. The Labute approximate surface area is 220 Å². The van der Waals surface area contributed by atoms with Gasteiger partial charge in [0.1, 0.15) is 11.9 Å². The van der Waals surface area contributed by atoms with Crippen molar-refractivity contribution >= 4 is 11.8 Å². The largest absolute Gasteiger partial charge is 0.494 e. The highest BCUT2D eigenvalue weighted by atomic mass is 16.6. The van der Waals surface area contributed by atoms with E-state index in [2.05, 4.69) is 33.3 Å². The highest BCUT2D eigenvalue weighted by Crippen LogP contribution is 2.50. The van der Waals surface area contributed by atoms with Gasteiger partial charge in [0.05, 0.1) is 24.7 Å². The van der Waals surface area contributed by atoms with Crippen LogP contribution in [0.2, 0.25) is 0 Å². The molecule has 3 atom stereocenters. The van der Waals surface area contributed by atoms with Crippen LogP contribution in [0.5, 0.6) is 5.75 Å². The fourth-order valence-corrected chi connectivity index (χ4v) is 6.20. The van der Waals surface area contributed by atoms with Crippen LogP contribution >= 0.6 is 0 Å². The number of rotatable bonds is 9. The number of amides is 1. The number of ether oxygens (including phenoxy) is 2. The fraction of sp³-hybridized carbons (Fsp3) is 0.500. The summed E-state index contributed by atoms with van der Waals surface area (Å²) < 4.78 is 11.6. The molecule has 4 rings (SSSR count). The van der Waals surface area contributed by atoms with E-state index in [1.54, 1.807) is 19.2 Å². The smallest absolute Gasteiger partial charge is 0.407 e. The lowest BCUT2D eigenvalue weighted by Gasteiger charge is -2.45. The minimum absolute atomic E-state index is 0.0172. The Morgan fingerprint density at radius 3 is 2.51 bits per heavy atom. The molecule has 2 aliphatic rings. The highest BCUT2D eigenvalue weighted by Gasteiger charge is 2.53. The van der Waals surface area contributed by atoms with Crippen molar-refractivity contribution in [2.45, 2.75) is 50.0 Å². The number of nitrogens with one attached hydrogen (secondary N) is 1. The number of nitriles is 1. The quantitative estimate of drug-likeness (QED) is 0.353. The third-order valence-corrected chi connectivity index (χ3v) is 8.02. The normalized spacial score (nSPS) is 21.8. The summed E-state index contributed by atoms with van der Waals surface area (Å²) in [7, 11) is 1.58. The van der Waals surface area contributed by atoms with Crippen LogP contribution in [0.25, 0.3) is 4.85 Å². The van der Waals surface area contributed by atoms with Crippen LogP contribution in [0.15, 0.2) is 54.6 Å². The van der Waals surface area contributed by atoms with E-state index >= 15 is 0 Å². The van der Waals surface area contributed by atoms with E-state index in [0.29, 0.717) is 12.3 Å². The van der Waals surface area contributed by atoms with Crippen LogP contribution in [0.4, 0.5) is 10.5 Å². The number of alkyl carbamates (subject to hydrolysis) is 1. The van der Waals surface area contributed by atoms with Crippen molar-refractivity contribution in [3.05, 3.63) is 71.6 Å². The van der Waals surface area contributed by atoms with Crippen molar-refractivity contribution in [1.82, 2.24) is 10.2 Å². The first-order valence-corrected chi connectivity index (χ1v) is 13.3. The van der Waals surface area contributed by atoms with Gasteiger partial charge in [-0.25, -0.2) is 9.64 Å². The zero-order chi connectivity index (χ0) is 26.1. The van der Waals surface area contributed by atoms with E-state index in [4.69, 9.17) is 16.0 Å². The molecular formula is C30H36N4O3. The molecule has 1 unspecified atom stereocenters. The number of benzene rings is 2. The van der Waals surface area contributed by atoms with Gasteiger partial charge in [0, 0.05) is 19.5 Å². The Kier molecular flexibility index (Phi) is 9.04. The molecule has 1 saturated heterocycles. The number of carbonyl (C=O) groups excluding carboxylic acids is 1. The molecule has 0 bridgehead atoms. The molecule has 1 saturated carbocycles. The predicted molar refractivity (Wildman–Crippen MR) is 142 cm³/mol. The molecule has 7 heteroatoms. The Balaban J connectivity index is 1.39. The summed E-state index contributed by atoms with van der Waals surface area (Å²) in [6.45, 7) is 10.5. The Morgan fingerprint density at radius 1 is 1.14 bits per heavy atom. The average Bonchev–Trinajstić information content (AvgIpc) is 3.41. The molecule has 0 aromatic heterocycles. The standard InChI is InChI=1S/C30H36N4O3/c1-32-25-12-14-26(15-13-25)36-21-7-18-34-19-16-24(17-20-34)30(22-31,23-8-4-3-5-9-23)27-10-6-11-28(27)37-29(35)33-2/h3-5,8-9,12-15,24,27-28H,6-7,10-11,16-21H2,2H3,(H,33,35)/t27-,28-,30?/m1/s1. The lowest BCUT2D eigenvalue weighted by atomic mass is 9.59. The van der Waals surface area contributed by atoms with Gasteiger partial charge >= 0.3 is 6.09 Å². The molecule has 0 radical (unpaired) electrons. The predicted octanol–water partition coefficient (Wildman–Crippen LogP) is 5.70. The maximum absolute atomic E-state index is 12.1. The number of carbonyl (C=O) groups is 1. The summed E-state index contributed by atoms with van der Waals surface area (Å²) in [5.74, 6) is 0.974. The van der Waals surface area contributed by atoms with Gasteiger partial charge in [0.25, 0.3) is 0 Å². The van der Waals surface area contributed by atoms with Gasteiger partial charge < -0.3 is 19.7 Å². The minimum Gasteiger partial charge on any atom is -0.494 e. The monoisotopic (exact) mass is 500 g/mol. The summed E-state index contributed by atoms with van der Waals surface area (Å²) in [4.78, 5) is 18.0.